The predicted molar refractivity (Wildman–Crippen MR) is 122 cm³/mol. The normalized spacial score (nSPS) is 15.2. The molecule has 3 atom stereocenters. The molecule has 32 heavy (non-hydrogen) atoms. The maximum absolute atomic E-state index is 12.7. The summed E-state index contributed by atoms with van der Waals surface area (Å²) in [6.45, 7) is 12.6. The summed E-state index contributed by atoms with van der Waals surface area (Å²) in [5, 5.41) is 5.81. The van der Waals surface area contributed by atoms with Crippen molar-refractivity contribution in [2.75, 3.05) is 33.0 Å². The number of amides is 2. The molecule has 0 aliphatic carbocycles. The average molecular weight is 447 g/mol. The van der Waals surface area contributed by atoms with Crippen LogP contribution in [0.1, 0.15) is 38.3 Å². The Labute approximate surface area is 189 Å². The molecule has 1 aromatic rings. The number of carbonyl (C=O) groups is 2. The Balaban J connectivity index is 2.07. The molecule has 0 aromatic heterocycles. The number of ether oxygens (including phenoxy) is 4. The van der Waals surface area contributed by atoms with Crippen LogP contribution in [0, 0.1) is 0 Å². The van der Waals surface area contributed by atoms with Gasteiger partial charge in [0.25, 0.3) is 0 Å². The molecule has 2 N–H and O–H groups in total. The summed E-state index contributed by atoms with van der Waals surface area (Å²) in [6, 6.07) is 4.97. The van der Waals surface area contributed by atoms with Crippen molar-refractivity contribution in [3.05, 3.63) is 49.1 Å². The molecule has 1 aliphatic heterocycles. The minimum atomic E-state index is -0.647. The fourth-order valence-corrected chi connectivity index (χ4v) is 2.97. The summed E-state index contributed by atoms with van der Waals surface area (Å²) in [7, 11) is 0. The summed E-state index contributed by atoms with van der Waals surface area (Å²) in [6.07, 6.45) is 3.52. The van der Waals surface area contributed by atoms with Gasteiger partial charge in [-0.05, 0) is 44.4 Å². The van der Waals surface area contributed by atoms with Gasteiger partial charge in [0.1, 0.15) is 25.4 Å². The lowest BCUT2D eigenvalue weighted by atomic mass is 10.0. The number of nitrogens with one attached hydrogen (secondary N) is 2. The van der Waals surface area contributed by atoms with E-state index in [0.29, 0.717) is 50.8 Å². The number of hydrogen-bond donors (Lipinski definition) is 2. The number of fused-ring (bicyclic) bond motifs is 1. The van der Waals surface area contributed by atoms with Gasteiger partial charge in [0, 0.05) is 6.54 Å². The van der Waals surface area contributed by atoms with Crippen molar-refractivity contribution in [1.29, 1.82) is 0 Å². The number of carbonyl (C=O) groups excluding carboxylic acids is 2. The van der Waals surface area contributed by atoms with Gasteiger partial charge in [-0.2, -0.15) is 0 Å². The second-order valence-corrected chi connectivity index (χ2v) is 7.39. The Hall–Kier alpha value is -2.84. The number of benzene rings is 1. The number of rotatable bonds is 14. The molecule has 0 unspecified atom stereocenters. The van der Waals surface area contributed by atoms with E-state index in [1.165, 1.54) is 0 Å². The van der Waals surface area contributed by atoms with Gasteiger partial charge in [0.15, 0.2) is 11.5 Å². The van der Waals surface area contributed by atoms with E-state index in [-0.39, 0.29) is 18.4 Å². The first-order valence-corrected chi connectivity index (χ1v) is 10.9. The van der Waals surface area contributed by atoms with Gasteiger partial charge in [0.05, 0.1) is 19.3 Å². The maximum atomic E-state index is 12.7. The highest BCUT2D eigenvalue weighted by Crippen LogP contribution is 2.32. The van der Waals surface area contributed by atoms with Crippen LogP contribution in [0.15, 0.2) is 43.5 Å². The Bertz CT molecular complexity index is 782. The first kappa shape index (κ1) is 25.4. The fourth-order valence-electron chi connectivity index (χ4n) is 2.97. The first-order chi connectivity index (χ1) is 15.5. The molecular formula is C24H34N2O6. The molecule has 8 heteroatoms. The van der Waals surface area contributed by atoms with Crippen molar-refractivity contribution in [2.45, 2.75) is 44.9 Å². The molecule has 1 aromatic carbocycles. The van der Waals surface area contributed by atoms with Crippen molar-refractivity contribution >= 4 is 11.8 Å². The van der Waals surface area contributed by atoms with Crippen LogP contribution in [-0.2, 0) is 19.1 Å². The highest BCUT2D eigenvalue weighted by molar-refractivity contribution is 5.82. The molecule has 0 fully saturated rings. The van der Waals surface area contributed by atoms with E-state index in [1.807, 2.05) is 12.1 Å². The lowest BCUT2D eigenvalue weighted by molar-refractivity contribution is -0.134. The molecule has 176 valence electrons. The van der Waals surface area contributed by atoms with E-state index >= 15 is 0 Å². The zero-order valence-corrected chi connectivity index (χ0v) is 18.9. The zero-order valence-electron chi connectivity index (χ0n) is 18.9. The van der Waals surface area contributed by atoms with E-state index in [0.717, 1.165) is 5.56 Å². The third-order valence-electron chi connectivity index (χ3n) is 4.88. The predicted octanol–water partition coefficient (Wildman–Crippen LogP) is 2.69. The topological polar surface area (TPSA) is 95.1 Å². The van der Waals surface area contributed by atoms with Gasteiger partial charge in [-0.15, -0.1) is 13.2 Å². The molecule has 0 saturated heterocycles. The third-order valence-corrected chi connectivity index (χ3v) is 4.88. The van der Waals surface area contributed by atoms with Crippen molar-refractivity contribution in [3.63, 3.8) is 0 Å². The molecular weight excluding hydrogens is 412 g/mol. The van der Waals surface area contributed by atoms with E-state index in [1.54, 1.807) is 32.1 Å². The van der Waals surface area contributed by atoms with Crippen LogP contribution in [0.5, 0.6) is 11.5 Å². The second kappa shape index (κ2) is 13.5. The summed E-state index contributed by atoms with van der Waals surface area (Å²) in [5.74, 6) is 0.717. The maximum Gasteiger partial charge on any atom is 0.249 e. The fraction of sp³-hybridized carbons (Fsp3) is 0.500. The van der Waals surface area contributed by atoms with Crippen LogP contribution in [0.2, 0.25) is 0 Å². The quantitative estimate of drug-likeness (QED) is 0.337. The van der Waals surface area contributed by atoms with Gasteiger partial charge < -0.3 is 29.6 Å². The SMILES string of the molecule is C=CCCO[C@@H](C)C(=O)N[C@@H](CNC(=O)[C@@H](C)OCCC=C)c1ccc2c(c1)OCCO2. The smallest absolute Gasteiger partial charge is 0.249 e. The first-order valence-electron chi connectivity index (χ1n) is 10.9. The molecule has 1 aliphatic rings. The van der Waals surface area contributed by atoms with Crippen molar-refractivity contribution in [1.82, 2.24) is 10.6 Å². The lowest BCUT2D eigenvalue weighted by Gasteiger charge is -2.25. The summed E-state index contributed by atoms with van der Waals surface area (Å²) in [4.78, 5) is 25.1. The molecule has 0 spiro atoms. The molecule has 1 heterocycles. The molecule has 0 radical (unpaired) electrons. The van der Waals surface area contributed by atoms with Crippen LogP contribution < -0.4 is 20.1 Å². The molecule has 0 bridgehead atoms. The second-order valence-electron chi connectivity index (χ2n) is 7.39. The van der Waals surface area contributed by atoms with Crippen LogP contribution >= 0.6 is 0 Å². The van der Waals surface area contributed by atoms with Gasteiger partial charge in [0.2, 0.25) is 11.8 Å². The standard InChI is InChI=1S/C24H34N2O6/c1-5-7-11-29-17(3)23(27)25-16-20(26-24(28)18(4)30-12-8-6-2)19-9-10-21-22(15-19)32-14-13-31-21/h5-6,9-10,15,17-18,20H,1-2,7-8,11-14,16H2,3-4H3,(H,25,27)(H,26,28)/t17-,18+,20+/m1/s1. The van der Waals surface area contributed by atoms with Crippen molar-refractivity contribution in [3.8, 4) is 11.5 Å². The third kappa shape index (κ3) is 8.01. The van der Waals surface area contributed by atoms with Crippen LogP contribution in [0.4, 0.5) is 0 Å². The Morgan fingerprint density at radius 2 is 1.59 bits per heavy atom. The van der Waals surface area contributed by atoms with Crippen LogP contribution in [0.25, 0.3) is 0 Å². The Morgan fingerprint density at radius 1 is 1.00 bits per heavy atom. The van der Waals surface area contributed by atoms with Crippen LogP contribution in [0.3, 0.4) is 0 Å². The lowest BCUT2D eigenvalue weighted by Crippen LogP contribution is -2.44. The Morgan fingerprint density at radius 3 is 2.22 bits per heavy atom. The minimum Gasteiger partial charge on any atom is -0.486 e. The Kier molecular flexibility index (Phi) is 10.8. The average Bonchev–Trinajstić information content (AvgIpc) is 2.81. The van der Waals surface area contributed by atoms with Crippen molar-refractivity contribution < 1.29 is 28.5 Å². The summed E-state index contributed by atoms with van der Waals surface area (Å²) in [5.41, 5.74) is 0.779. The van der Waals surface area contributed by atoms with E-state index in [2.05, 4.69) is 23.8 Å². The minimum absolute atomic E-state index is 0.179. The van der Waals surface area contributed by atoms with Crippen LogP contribution in [-0.4, -0.2) is 57.0 Å². The monoisotopic (exact) mass is 446 g/mol. The summed E-state index contributed by atoms with van der Waals surface area (Å²) >= 11 is 0. The van der Waals surface area contributed by atoms with Gasteiger partial charge in [-0.25, -0.2) is 0 Å². The molecule has 2 rings (SSSR count). The molecule has 0 saturated carbocycles. The highest BCUT2D eigenvalue weighted by Gasteiger charge is 2.23. The zero-order chi connectivity index (χ0) is 23.3. The van der Waals surface area contributed by atoms with E-state index in [4.69, 9.17) is 18.9 Å². The largest absolute Gasteiger partial charge is 0.486 e. The molecule has 2 amide bonds. The van der Waals surface area contributed by atoms with Gasteiger partial charge >= 0.3 is 0 Å². The molecule has 8 nitrogen and oxygen atoms in total. The van der Waals surface area contributed by atoms with Gasteiger partial charge in [-0.3, -0.25) is 9.59 Å². The highest BCUT2D eigenvalue weighted by atomic mass is 16.6. The van der Waals surface area contributed by atoms with Gasteiger partial charge in [-0.1, -0.05) is 18.2 Å². The number of hydrogen-bond acceptors (Lipinski definition) is 6. The van der Waals surface area contributed by atoms with Crippen molar-refractivity contribution in [2.24, 2.45) is 0 Å². The van der Waals surface area contributed by atoms with E-state index in [9.17, 15) is 9.59 Å². The summed E-state index contributed by atoms with van der Waals surface area (Å²) < 4.78 is 22.3. The van der Waals surface area contributed by atoms with E-state index < -0.39 is 18.2 Å².